The van der Waals surface area contributed by atoms with Crippen LogP contribution in [0.4, 0.5) is 10.5 Å². The second-order valence-electron chi connectivity index (χ2n) is 6.04. The molecule has 2 atom stereocenters. The van der Waals surface area contributed by atoms with Crippen molar-refractivity contribution in [3.8, 4) is 0 Å². The van der Waals surface area contributed by atoms with Crippen LogP contribution in [0.15, 0.2) is 54.6 Å². The molecule has 4 rings (SSSR count). The SMILES string of the molecule is O=C1c2ccccc2N(C(=O)OCc2ccccc2)C2CCC12. The Hall–Kier alpha value is -2.62. The lowest BCUT2D eigenvalue weighted by Crippen LogP contribution is -2.56. The molecule has 116 valence electrons. The molecule has 2 unspecified atom stereocenters. The number of benzene rings is 2. The minimum atomic E-state index is -0.372. The zero-order valence-corrected chi connectivity index (χ0v) is 12.6. The molecule has 0 bridgehead atoms. The normalized spacial score (nSPS) is 21.9. The molecule has 1 aliphatic heterocycles. The molecule has 1 heterocycles. The monoisotopic (exact) mass is 307 g/mol. The number of carbonyl (C=O) groups excluding carboxylic acids is 2. The molecule has 1 aliphatic carbocycles. The maximum atomic E-state index is 12.6. The van der Waals surface area contributed by atoms with Crippen LogP contribution in [0, 0.1) is 5.92 Å². The minimum Gasteiger partial charge on any atom is -0.444 e. The number of hydrogen-bond acceptors (Lipinski definition) is 3. The summed E-state index contributed by atoms with van der Waals surface area (Å²) in [6.45, 7) is 0.240. The van der Waals surface area contributed by atoms with Crippen molar-refractivity contribution in [2.45, 2.75) is 25.5 Å². The summed E-state index contributed by atoms with van der Waals surface area (Å²) in [5, 5.41) is 0. The van der Waals surface area contributed by atoms with E-state index in [0.717, 1.165) is 18.4 Å². The van der Waals surface area contributed by atoms with Crippen LogP contribution in [-0.4, -0.2) is 17.9 Å². The highest BCUT2D eigenvalue weighted by Gasteiger charge is 2.48. The molecule has 1 amide bonds. The van der Waals surface area contributed by atoms with Gasteiger partial charge in [0, 0.05) is 11.5 Å². The van der Waals surface area contributed by atoms with Crippen LogP contribution in [0.2, 0.25) is 0 Å². The molecule has 2 aliphatic rings. The minimum absolute atomic E-state index is 0.0549. The Kier molecular flexibility index (Phi) is 3.37. The van der Waals surface area contributed by atoms with E-state index in [9.17, 15) is 9.59 Å². The topological polar surface area (TPSA) is 46.6 Å². The summed E-state index contributed by atoms with van der Waals surface area (Å²) < 4.78 is 5.49. The molecule has 1 saturated carbocycles. The fraction of sp³-hybridized carbons (Fsp3) is 0.263. The molecule has 2 aromatic rings. The average molecular weight is 307 g/mol. The third-order valence-electron chi connectivity index (χ3n) is 4.74. The van der Waals surface area contributed by atoms with Gasteiger partial charge < -0.3 is 4.74 Å². The van der Waals surface area contributed by atoms with E-state index in [4.69, 9.17) is 4.74 Å². The largest absolute Gasteiger partial charge is 0.444 e. The van der Waals surface area contributed by atoms with E-state index < -0.39 is 0 Å². The Bertz CT molecular complexity index is 756. The van der Waals surface area contributed by atoms with Crippen molar-refractivity contribution < 1.29 is 14.3 Å². The third kappa shape index (κ3) is 2.31. The number of anilines is 1. The van der Waals surface area contributed by atoms with E-state index in [1.165, 1.54) is 0 Å². The van der Waals surface area contributed by atoms with Gasteiger partial charge in [0.25, 0.3) is 0 Å². The second kappa shape index (κ2) is 5.54. The maximum Gasteiger partial charge on any atom is 0.414 e. The number of ketones is 1. The number of hydrogen-bond donors (Lipinski definition) is 0. The lowest BCUT2D eigenvalue weighted by molar-refractivity contribution is 0.0782. The van der Waals surface area contributed by atoms with Crippen molar-refractivity contribution in [1.82, 2.24) is 0 Å². The van der Waals surface area contributed by atoms with E-state index in [2.05, 4.69) is 0 Å². The van der Waals surface area contributed by atoms with Gasteiger partial charge in [-0.1, -0.05) is 42.5 Å². The maximum absolute atomic E-state index is 12.6. The Morgan fingerprint density at radius 3 is 2.52 bits per heavy atom. The van der Waals surface area contributed by atoms with Gasteiger partial charge in [-0.15, -0.1) is 0 Å². The highest BCUT2D eigenvalue weighted by Crippen LogP contribution is 2.44. The molecule has 23 heavy (non-hydrogen) atoms. The van der Waals surface area contributed by atoms with Crippen LogP contribution < -0.4 is 4.90 Å². The van der Waals surface area contributed by atoms with Crippen LogP contribution >= 0.6 is 0 Å². The van der Waals surface area contributed by atoms with Gasteiger partial charge in [-0.05, 0) is 30.5 Å². The Balaban J connectivity index is 1.59. The van der Waals surface area contributed by atoms with Crippen LogP contribution in [0.3, 0.4) is 0 Å². The summed E-state index contributed by atoms with van der Waals surface area (Å²) >= 11 is 0. The van der Waals surface area contributed by atoms with Gasteiger partial charge in [-0.3, -0.25) is 9.69 Å². The van der Waals surface area contributed by atoms with Gasteiger partial charge in [0.2, 0.25) is 0 Å². The predicted octanol–water partition coefficient (Wildman–Crippen LogP) is 3.80. The molecule has 4 heteroatoms. The van der Waals surface area contributed by atoms with E-state index in [1.807, 2.05) is 48.5 Å². The summed E-state index contributed by atoms with van der Waals surface area (Å²) in [5.74, 6) is 0.0816. The van der Waals surface area contributed by atoms with Gasteiger partial charge in [0.15, 0.2) is 5.78 Å². The number of rotatable bonds is 2. The van der Waals surface area contributed by atoms with Crippen LogP contribution in [-0.2, 0) is 11.3 Å². The van der Waals surface area contributed by atoms with Crippen molar-refractivity contribution in [2.24, 2.45) is 5.92 Å². The Labute approximate surface area is 134 Å². The standard InChI is InChI=1S/C19H17NO3/c21-18-14-8-4-5-9-16(14)20(17-11-10-15(17)18)19(22)23-12-13-6-2-1-3-7-13/h1-9,15,17H,10-12H2. The van der Waals surface area contributed by atoms with Crippen molar-refractivity contribution in [2.75, 3.05) is 4.90 Å². The molecular weight excluding hydrogens is 290 g/mol. The van der Waals surface area contributed by atoms with Gasteiger partial charge >= 0.3 is 6.09 Å². The van der Waals surface area contributed by atoms with Gasteiger partial charge in [-0.25, -0.2) is 4.79 Å². The highest BCUT2D eigenvalue weighted by atomic mass is 16.6. The second-order valence-corrected chi connectivity index (χ2v) is 6.04. The molecule has 0 saturated heterocycles. The molecule has 0 aromatic heterocycles. The van der Waals surface area contributed by atoms with Crippen molar-refractivity contribution in [3.05, 3.63) is 65.7 Å². The summed E-state index contributed by atoms with van der Waals surface area (Å²) in [5.41, 5.74) is 2.26. The summed E-state index contributed by atoms with van der Waals surface area (Å²) in [6.07, 6.45) is 1.33. The molecule has 0 spiro atoms. The van der Waals surface area contributed by atoms with Gasteiger partial charge in [-0.2, -0.15) is 0 Å². The zero-order valence-electron chi connectivity index (χ0n) is 12.6. The van der Waals surface area contributed by atoms with Crippen molar-refractivity contribution in [3.63, 3.8) is 0 Å². The van der Waals surface area contributed by atoms with E-state index in [-0.39, 0.29) is 30.4 Å². The Morgan fingerprint density at radius 2 is 1.78 bits per heavy atom. The van der Waals surface area contributed by atoms with Crippen LogP contribution in [0.25, 0.3) is 0 Å². The summed E-state index contributed by atoms with van der Waals surface area (Å²) in [7, 11) is 0. The van der Waals surface area contributed by atoms with E-state index >= 15 is 0 Å². The first kappa shape index (κ1) is 14.0. The van der Waals surface area contributed by atoms with Crippen LogP contribution in [0.1, 0.15) is 28.8 Å². The van der Waals surface area contributed by atoms with Crippen molar-refractivity contribution >= 4 is 17.6 Å². The molecule has 4 nitrogen and oxygen atoms in total. The smallest absolute Gasteiger partial charge is 0.414 e. The van der Waals surface area contributed by atoms with Gasteiger partial charge in [0.05, 0.1) is 11.7 Å². The molecule has 0 N–H and O–H groups in total. The van der Waals surface area contributed by atoms with Crippen molar-refractivity contribution in [1.29, 1.82) is 0 Å². The number of fused-ring (bicyclic) bond motifs is 2. The first-order valence-corrected chi connectivity index (χ1v) is 7.89. The zero-order chi connectivity index (χ0) is 15.8. The predicted molar refractivity (Wildman–Crippen MR) is 86.4 cm³/mol. The lowest BCUT2D eigenvalue weighted by atomic mass is 9.71. The number of carbonyl (C=O) groups is 2. The fourth-order valence-electron chi connectivity index (χ4n) is 3.39. The van der Waals surface area contributed by atoms with Crippen LogP contribution in [0.5, 0.6) is 0 Å². The Morgan fingerprint density at radius 1 is 1.04 bits per heavy atom. The quantitative estimate of drug-likeness (QED) is 0.847. The average Bonchev–Trinajstić information content (AvgIpc) is 2.56. The number of Topliss-reactive ketones (excluding diaryl/α,β-unsaturated/α-hetero) is 1. The first-order chi connectivity index (χ1) is 11.3. The number of ether oxygens (including phenoxy) is 1. The molecule has 0 radical (unpaired) electrons. The molecule has 1 fully saturated rings. The fourth-order valence-corrected chi connectivity index (χ4v) is 3.39. The van der Waals surface area contributed by atoms with E-state index in [0.29, 0.717) is 11.3 Å². The molecular formula is C19H17NO3. The number of nitrogens with zero attached hydrogens (tertiary/aromatic N) is 1. The highest BCUT2D eigenvalue weighted by molar-refractivity contribution is 6.10. The van der Waals surface area contributed by atoms with Gasteiger partial charge in [0.1, 0.15) is 6.61 Å². The number of amides is 1. The number of para-hydroxylation sites is 1. The third-order valence-corrected chi connectivity index (χ3v) is 4.74. The summed E-state index contributed by atoms with van der Waals surface area (Å²) in [4.78, 5) is 26.7. The summed E-state index contributed by atoms with van der Waals surface area (Å²) in [6, 6.07) is 16.9. The first-order valence-electron chi connectivity index (χ1n) is 7.89. The van der Waals surface area contributed by atoms with E-state index in [1.54, 1.807) is 11.0 Å². The lowest BCUT2D eigenvalue weighted by Gasteiger charge is -2.46. The molecule has 2 aromatic carbocycles.